The first kappa shape index (κ1) is 21.4. The van der Waals surface area contributed by atoms with Crippen LogP contribution < -0.4 is 0 Å². The van der Waals surface area contributed by atoms with Gasteiger partial charge in [-0.3, -0.25) is 9.69 Å². The number of hydrogen-bond donors (Lipinski definition) is 0. The fraction of sp³-hybridized carbons (Fsp3) is 0.542. The molecule has 0 aliphatic carbocycles. The van der Waals surface area contributed by atoms with Crippen LogP contribution in [0, 0.1) is 20.8 Å². The molecule has 1 saturated heterocycles. The fourth-order valence-electron chi connectivity index (χ4n) is 4.30. The SMILES string of the molecule is CCN(CC)C(=O)Cc1c(C)nc([C@H]2CCN(Cc3cccc(C)c3)C2)nc1C. The van der Waals surface area contributed by atoms with Crippen molar-refractivity contribution in [1.82, 2.24) is 19.8 Å². The van der Waals surface area contributed by atoms with Crippen molar-refractivity contribution in [3.63, 3.8) is 0 Å². The summed E-state index contributed by atoms with van der Waals surface area (Å²) < 4.78 is 0. The number of rotatable bonds is 7. The Balaban J connectivity index is 1.68. The van der Waals surface area contributed by atoms with E-state index < -0.39 is 0 Å². The van der Waals surface area contributed by atoms with Gasteiger partial charge in [0, 0.05) is 49.0 Å². The molecular weight excluding hydrogens is 360 g/mol. The highest BCUT2D eigenvalue weighted by Gasteiger charge is 2.27. The van der Waals surface area contributed by atoms with Gasteiger partial charge in [-0.2, -0.15) is 0 Å². The number of nitrogens with zero attached hydrogens (tertiary/aromatic N) is 4. The maximum atomic E-state index is 12.5. The Kier molecular flexibility index (Phi) is 7.01. The molecule has 0 unspecified atom stereocenters. The monoisotopic (exact) mass is 394 g/mol. The smallest absolute Gasteiger partial charge is 0.227 e. The van der Waals surface area contributed by atoms with Crippen molar-refractivity contribution < 1.29 is 4.79 Å². The van der Waals surface area contributed by atoms with E-state index in [2.05, 4.69) is 36.1 Å². The van der Waals surface area contributed by atoms with Crippen LogP contribution in [-0.4, -0.2) is 51.9 Å². The molecule has 1 amide bonds. The van der Waals surface area contributed by atoms with Gasteiger partial charge in [0.05, 0.1) is 6.42 Å². The molecule has 0 bridgehead atoms. The van der Waals surface area contributed by atoms with Gasteiger partial charge in [0.25, 0.3) is 0 Å². The lowest BCUT2D eigenvalue weighted by molar-refractivity contribution is -0.130. The van der Waals surface area contributed by atoms with Crippen LogP contribution in [0.4, 0.5) is 0 Å². The lowest BCUT2D eigenvalue weighted by atomic mass is 10.0. The zero-order chi connectivity index (χ0) is 21.0. The van der Waals surface area contributed by atoms with E-state index in [1.165, 1.54) is 11.1 Å². The summed E-state index contributed by atoms with van der Waals surface area (Å²) in [6.45, 7) is 14.7. The molecule has 1 aromatic heterocycles. The van der Waals surface area contributed by atoms with Crippen LogP contribution in [0.25, 0.3) is 0 Å². The Morgan fingerprint density at radius 1 is 1.14 bits per heavy atom. The molecule has 2 aromatic rings. The minimum absolute atomic E-state index is 0.155. The number of aromatic nitrogens is 2. The molecule has 0 radical (unpaired) electrons. The normalized spacial score (nSPS) is 16.9. The highest BCUT2D eigenvalue weighted by Crippen LogP contribution is 2.27. The maximum Gasteiger partial charge on any atom is 0.227 e. The van der Waals surface area contributed by atoms with Crippen LogP contribution in [0.5, 0.6) is 0 Å². The Morgan fingerprint density at radius 3 is 2.45 bits per heavy atom. The van der Waals surface area contributed by atoms with E-state index >= 15 is 0 Å². The number of aryl methyl sites for hydroxylation is 3. The van der Waals surface area contributed by atoms with E-state index in [4.69, 9.17) is 9.97 Å². The van der Waals surface area contributed by atoms with Crippen LogP contribution in [0.3, 0.4) is 0 Å². The van der Waals surface area contributed by atoms with E-state index in [0.717, 1.165) is 61.9 Å². The summed E-state index contributed by atoms with van der Waals surface area (Å²) in [5.74, 6) is 1.46. The van der Waals surface area contributed by atoms with Crippen LogP contribution >= 0.6 is 0 Å². The van der Waals surface area contributed by atoms with Gasteiger partial charge in [-0.15, -0.1) is 0 Å². The summed E-state index contributed by atoms with van der Waals surface area (Å²) in [4.78, 5) is 26.5. The predicted octanol–water partition coefficient (Wildman–Crippen LogP) is 3.80. The van der Waals surface area contributed by atoms with E-state index in [0.29, 0.717) is 12.3 Å². The number of carbonyl (C=O) groups excluding carboxylic acids is 1. The molecule has 29 heavy (non-hydrogen) atoms. The summed E-state index contributed by atoms with van der Waals surface area (Å²) in [6, 6.07) is 8.74. The number of benzene rings is 1. The van der Waals surface area contributed by atoms with Crippen molar-refractivity contribution in [3.8, 4) is 0 Å². The predicted molar refractivity (Wildman–Crippen MR) is 117 cm³/mol. The molecule has 1 fully saturated rings. The van der Waals surface area contributed by atoms with Crippen molar-refractivity contribution in [2.24, 2.45) is 0 Å². The summed E-state index contributed by atoms with van der Waals surface area (Å²) in [5.41, 5.74) is 5.56. The molecular formula is C24H34N4O. The minimum Gasteiger partial charge on any atom is -0.343 e. The van der Waals surface area contributed by atoms with Crippen LogP contribution in [-0.2, 0) is 17.8 Å². The number of hydrogen-bond acceptors (Lipinski definition) is 4. The third-order valence-corrected chi connectivity index (χ3v) is 6.01. The molecule has 1 aromatic carbocycles. The summed E-state index contributed by atoms with van der Waals surface area (Å²) in [5, 5.41) is 0. The third kappa shape index (κ3) is 5.21. The molecule has 3 rings (SSSR count). The van der Waals surface area contributed by atoms with Gasteiger partial charge in [0.15, 0.2) is 0 Å². The standard InChI is InChI=1S/C24H34N4O/c1-6-28(7-2)23(29)14-22-18(4)25-24(26-19(22)5)21-11-12-27(16-21)15-20-10-8-9-17(3)13-20/h8-10,13,21H,6-7,11-12,14-16H2,1-5H3/t21-/m0/s1. The van der Waals surface area contributed by atoms with Crippen molar-refractivity contribution in [2.45, 2.75) is 59.9 Å². The lowest BCUT2D eigenvalue weighted by Gasteiger charge is -2.20. The summed E-state index contributed by atoms with van der Waals surface area (Å²) in [6.07, 6.45) is 1.48. The van der Waals surface area contributed by atoms with Gasteiger partial charge in [0.2, 0.25) is 5.91 Å². The van der Waals surface area contributed by atoms with Gasteiger partial charge in [-0.1, -0.05) is 29.8 Å². The second-order valence-electron chi connectivity index (χ2n) is 8.18. The molecule has 1 atom stereocenters. The van der Waals surface area contributed by atoms with Gasteiger partial charge in [0.1, 0.15) is 5.82 Å². The second-order valence-corrected chi connectivity index (χ2v) is 8.18. The minimum atomic E-state index is 0.155. The zero-order valence-electron chi connectivity index (χ0n) is 18.5. The number of carbonyl (C=O) groups is 1. The van der Waals surface area contributed by atoms with E-state index in [9.17, 15) is 4.79 Å². The average molecular weight is 395 g/mol. The van der Waals surface area contributed by atoms with E-state index in [1.807, 2.05) is 32.6 Å². The first-order chi connectivity index (χ1) is 13.9. The average Bonchev–Trinajstić information content (AvgIpc) is 3.14. The van der Waals surface area contributed by atoms with Crippen molar-refractivity contribution in [3.05, 3.63) is 58.2 Å². The molecule has 0 N–H and O–H groups in total. The third-order valence-electron chi connectivity index (χ3n) is 6.01. The first-order valence-electron chi connectivity index (χ1n) is 10.8. The van der Waals surface area contributed by atoms with Gasteiger partial charge in [-0.05, 0) is 53.1 Å². The second kappa shape index (κ2) is 9.49. The largest absolute Gasteiger partial charge is 0.343 e. The van der Waals surface area contributed by atoms with Crippen LogP contribution in [0.15, 0.2) is 24.3 Å². The zero-order valence-corrected chi connectivity index (χ0v) is 18.5. The number of likely N-dealkylation sites (tertiary alicyclic amines) is 1. The first-order valence-corrected chi connectivity index (χ1v) is 10.8. The van der Waals surface area contributed by atoms with Crippen molar-refractivity contribution >= 4 is 5.91 Å². The Labute approximate surface area is 175 Å². The van der Waals surface area contributed by atoms with E-state index in [1.54, 1.807) is 0 Å². The molecule has 0 saturated carbocycles. The maximum absolute atomic E-state index is 12.5. The van der Waals surface area contributed by atoms with Crippen LogP contribution in [0.1, 0.15) is 60.1 Å². The van der Waals surface area contributed by atoms with Gasteiger partial charge >= 0.3 is 0 Å². The molecule has 1 aliphatic rings. The Hall–Kier alpha value is -2.27. The molecule has 5 heteroatoms. The molecule has 0 spiro atoms. The quantitative estimate of drug-likeness (QED) is 0.717. The highest BCUT2D eigenvalue weighted by molar-refractivity contribution is 5.79. The van der Waals surface area contributed by atoms with Crippen molar-refractivity contribution in [1.29, 1.82) is 0 Å². The highest BCUT2D eigenvalue weighted by atomic mass is 16.2. The van der Waals surface area contributed by atoms with E-state index in [-0.39, 0.29) is 5.91 Å². The fourth-order valence-corrected chi connectivity index (χ4v) is 4.30. The van der Waals surface area contributed by atoms with Gasteiger partial charge in [-0.25, -0.2) is 9.97 Å². The molecule has 1 aliphatic heterocycles. The summed E-state index contributed by atoms with van der Waals surface area (Å²) in [7, 11) is 0. The number of amides is 1. The lowest BCUT2D eigenvalue weighted by Crippen LogP contribution is -2.32. The van der Waals surface area contributed by atoms with Gasteiger partial charge < -0.3 is 4.90 Å². The Bertz CT molecular complexity index is 837. The van der Waals surface area contributed by atoms with Crippen LogP contribution in [0.2, 0.25) is 0 Å². The Morgan fingerprint density at radius 2 is 1.83 bits per heavy atom. The summed E-state index contributed by atoms with van der Waals surface area (Å²) >= 11 is 0. The van der Waals surface area contributed by atoms with Crippen molar-refractivity contribution in [2.75, 3.05) is 26.2 Å². The molecule has 5 nitrogen and oxygen atoms in total. The number of likely N-dealkylation sites (N-methyl/N-ethyl adjacent to an activating group) is 1. The molecule has 156 valence electrons. The molecule has 2 heterocycles. The topological polar surface area (TPSA) is 49.3 Å².